The van der Waals surface area contributed by atoms with Crippen LogP contribution in [-0.2, 0) is 0 Å². The van der Waals surface area contributed by atoms with Crippen LogP contribution in [0.25, 0.3) is 0 Å². The molecule has 0 radical (unpaired) electrons. The summed E-state index contributed by atoms with van der Waals surface area (Å²) < 4.78 is 48.5. The monoisotopic (exact) mass is 220 g/mol. The standard InChI is InChI=1S/C5H8F4N2O3/c1-3(2-12)10-5(9,11(13)14)4(6,7)8/h3,10,12H,2H2,1H3/t3-,5-/m1/s1. The van der Waals surface area contributed by atoms with Gasteiger partial charge in [0.15, 0.2) is 0 Å². The minimum atomic E-state index is -5.68. The smallest absolute Gasteiger partial charge is 0.395 e. The van der Waals surface area contributed by atoms with Gasteiger partial charge in [-0.3, -0.25) is 10.1 Å². The van der Waals surface area contributed by atoms with E-state index < -0.39 is 29.7 Å². The summed E-state index contributed by atoms with van der Waals surface area (Å²) in [6.07, 6.45) is -5.68. The molecule has 0 aliphatic rings. The Bertz CT molecular complexity index is 222. The van der Waals surface area contributed by atoms with E-state index in [1.165, 1.54) is 0 Å². The van der Waals surface area contributed by atoms with Gasteiger partial charge >= 0.3 is 12.1 Å². The Morgan fingerprint density at radius 2 is 1.93 bits per heavy atom. The van der Waals surface area contributed by atoms with Gasteiger partial charge in [0, 0.05) is 6.04 Å². The van der Waals surface area contributed by atoms with Crippen molar-refractivity contribution in [1.29, 1.82) is 0 Å². The molecule has 0 heterocycles. The van der Waals surface area contributed by atoms with Gasteiger partial charge < -0.3 is 5.11 Å². The number of nitro groups is 1. The molecule has 0 bridgehead atoms. The SMILES string of the molecule is C[C@H](CO)N[C@@](F)([N+](=O)[O-])C(F)(F)F. The molecule has 0 saturated heterocycles. The first-order chi connectivity index (χ1) is 6.15. The van der Waals surface area contributed by atoms with Crippen LogP contribution in [-0.4, -0.2) is 34.8 Å². The summed E-state index contributed by atoms with van der Waals surface area (Å²) in [5.74, 6) is -4.73. The number of hydrogen-bond acceptors (Lipinski definition) is 4. The second kappa shape index (κ2) is 4.05. The van der Waals surface area contributed by atoms with Crippen molar-refractivity contribution in [3.63, 3.8) is 0 Å². The van der Waals surface area contributed by atoms with Crippen molar-refractivity contribution < 1.29 is 27.6 Å². The van der Waals surface area contributed by atoms with Gasteiger partial charge in [0.2, 0.25) is 0 Å². The van der Waals surface area contributed by atoms with Crippen LogP contribution in [0, 0.1) is 10.1 Å². The Labute approximate surface area is 75.9 Å². The van der Waals surface area contributed by atoms with Crippen molar-refractivity contribution in [2.45, 2.75) is 25.1 Å². The molecule has 0 aromatic heterocycles. The highest BCUT2D eigenvalue weighted by Crippen LogP contribution is 2.32. The fourth-order valence-electron chi connectivity index (χ4n) is 0.610. The molecule has 84 valence electrons. The van der Waals surface area contributed by atoms with E-state index in [0.29, 0.717) is 0 Å². The Morgan fingerprint density at radius 1 is 1.50 bits per heavy atom. The van der Waals surface area contributed by atoms with E-state index in [0.717, 1.165) is 12.2 Å². The van der Waals surface area contributed by atoms with Gasteiger partial charge in [-0.15, -0.1) is 4.39 Å². The van der Waals surface area contributed by atoms with E-state index in [4.69, 9.17) is 5.11 Å². The summed E-state index contributed by atoms with van der Waals surface area (Å²) >= 11 is 0. The molecule has 0 spiro atoms. The Kier molecular flexibility index (Phi) is 3.77. The second-order valence-corrected chi connectivity index (χ2v) is 2.60. The Balaban J connectivity index is 4.84. The third kappa shape index (κ3) is 2.51. The molecular formula is C5H8F4N2O3. The largest absolute Gasteiger partial charge is 0.516 e. The zero-order valence-corrected chi connectivity index (χ0v) is 7.01. The van der Waals surface area contributed by atoms with Crippen LogP contribution in [0.1, 0.15) is 6.92 Å². The maximum Gasteiger partial charge on any atom is 0.516 e. The first-order valence-corrected chi connectivity index (χ1v) is 3.44. The summed E-state index contributed by atoms with van der Waals surface area (Å²) in [5.41, 5.74) is 0. The van der Waals surface area contributed by atoms with Gasteiger partial charge in [-0.2, -0.15) is 13.2 Å². The van der Waals surface area contributed by atoms with Crippen LogP contribution < -0.4 is 5.32 Å². The molecule has 0 unspecified atom stereocenters. The van der Waals surface area contributed by atoms with Crippen molar-refractivity contribution in [3.05, 3.63) is 10.1 Å². The summed E-state index contributed by atoms with van der Waals surface area (Å²) in [6.45, 7) is 0.124. The second-order valence-electron chi connectivity index (χ2n) is 2.60. The van der Waals surface area contributed by atoms with Crippen LogP contribution in [0.5, 0.6) is 0 Å². The number of aliphatic hydroxyl groups is 1. The lowest BCUT2D eigenvalue weighted by Crippen LogP contribution is -2.61. The van der Waals surface area contributed by atoms with Crippen molar-refractivity contribution in [2.75, 3.05) is 6.61 Å². The van der Waals surface area contributed by atoms with Gasteiger partial charge in [0.05, 0.1) is 11.5 Å². The zero-order valence-electron chi connectivity index (χ0n) is 7.01. The van der Waals surface area contributed by atoms with E-state index in [2.05, 4.69) is 0 Å². The molecule has 14 heavy (non-hydrogen) atoms. The number of alkyl halides is 4. The molecule has 0 aliphatic carbocycles. The van der Waals surface area contributed by atoms with Crippen LogP contribution in [0.15, 0.2) is 0 Å². The first-order valence-electron chi connectivity index (χ1n) is 3.44. The molecular weight excluding hydrogens is 212 g/mol. The number of halogens is 4. The van der Waals surface area contributed by atoms with E-state index in [1.807, 2.05) is 0 Å². The predicted octanol–water partition coefficient (Wildman–Crippen LogP) is 0.419. The summed E-state index contributed by atoms with van der Waals surface area (Å²) in [4.78, 5) is 7.76. The minimum Gasteiger partial charge on any atom is -0.395 e. The molecule has 0 amide bonds. The maximum atomic E-state index is 12.8. The molecule has 0 rings (SSSR count). The lowest BCUT2D eigenvalue weighted by atomic mass is 10.3. The number of nitrogens with one attached hydrogen (secondary N) is 1. The fraction of sp³-hybridized carbons (Fsp3) is 1.00. The molecule has 0 aromatic rings. The van der Waals surface area contributed by atoms with E-state index in [1.54, 1.807) is 0 Å². The maximum absolute atomic E-state index is 12.8. The quantitative estimate of drug-likeness (QED) is 0.237. The Morgan fingerprint density at radius 3 is 2.14 bits per heavy atom. The topological polar surface area (TPSA) is 75.4 Å². The van der Waals surface area contributed by atoms with Crippen LogP contribution in [0.3, 0.4) is 0 Å². The predicted molar refractivity (Wildman–Crippen MR) is 36.6 cm³/mol. The molecule has 0 saturated carbocycles. The normalized spacial score (nSPS) is 18.7. The van der Waals surface area contributed by atoms with Crippen molar-refractivity contribution in [1.82, 2.24) is 5.32 Å². The minimum absolute atomic E-state index is 0.852. The first kappa shape index (κ1) is 13.0. The van der Waals surface area contributed by atoms with Crippen LogP contribution in [0.2, 0.25) is 0 Å². The van der Waals surface area contributed by atoms with Crippen molar-refractivity contribution in [2.24, 2.45) is 0 Å². The van der Waals surface area contributed by atoms with Crippen LogP contribution >= 0.6 is 0 Å². The lowest BCUT2D eigenvalue weighted by molar-refractivity contribution is -0.658. The number of nitrogens with zero attached hydrogens (tertiary/aromatic N) is 1. The molecule has 0 aromatic carbocycles. The molecule has 0 fully saturated rings. The summed E-state index contributed by atoms with van der Waals surface area (Å²) in [7, 11) is 0. The van der Waals surface area contributed by atoms with Crippen LogP contribution in [0.4, 0.5) is 17.6 Å². The van der Waals surface area contributed by atoms with Gasteiger partial charge in [0.1, 0.15) is 0 Å². The van der Waals surface area contributed by atoms with Gasteiger partial charge in [-0.1, -0.05) is 0 Å². The Hall–Kier alpha value is -0.960. The average Bonchev–Trinajstić information content (AvgIpc) is 2.01. The molecule has 9 heteroatoms. The van der Waals surface area contributed by atoms with Gasteiger partial charge in [-0.05, 0) is 6.92 Å². The highest BCUT2D eigenvalue weighted by molar-refractivity contribution is 4.76. The summed E-state index contributed by atoms with van der Waals surface area (Å²) in [6, 6.07) is -1.38. The van der Waals surface area contributed by atoms with Crippen molar-refractivity contribution in [3.8, 4) is 0 Å². The molecule has 2 atom stereocenters. The third-order valence-corrected chi connectivity index (χ3v) is 1.34. The highest BCUT2D eigenvalue weighted by atomic mass is 19.4. The fourth-order valence-corrected chi connectivity index (χ4v) is 0.610. The van der Waals surface area contributed by atoms with E-state index >= 15 is 0 Å². The molecule has 0 aliphatic heterocycles. The van der Waals surface area contributed by atoms with E-state index in [-0.39, 0.29) is 0 Å². The van der Waals surface area contributed by atoms with Gasteiger partial charge in [-0.25, -0.2) is 5.32 Å². The molecule has 2 N–H and O–H groups in total. The zero-order chi connectivity index (χ0) is 11.6. The summed E-state index contributed by atoms with van der Waals surface area (Å²) in [5, 5.41) is 19.3. The number of rotatable bonds is 4. The number of aliphatic hydroxyl groups excluding tert-OH is 1. The van der Waals surface area contributed by atoms with E-state index in [9.17, 15) is 27.7 Å². The highest BCUT2D eigenvalue weighted by Gasteiger charge is 2.68. The van der Waals surface area contributed by atoms with Gasteiger partial charge in [0.25, 0.3) is 0 Å². The lowest BCUT2D eigenvalue weighted by Gasteiger charge is -2.22. The number of hydrogen-bond donors (Lipinski definition) is 2. The average molecular weight is 220 g/mol. The van der Waals surface area contributed by atoms with Crippen molar-refractivity contribution >= 4 is 0 Å². The third-order valence-electron chi connectivity index (χ3n) is 1.34. The molecule has 5 nitrogen and oxygen atoms in total.